The molecule has 17 atom stereocenters. The van der Waals surface area contributed by atoms with Crippen molar-refractivity contribution in [3.8, 4) is 0 Å². The number of allylic oxidation sites excluding steroid dienone is 7. The molecule has 17 unspecified atom stereocenters. The van der Waals surface area contributed by atoms with Crippen LogP contribution in [0.4, 0.5) is 0 Å². The highest BCUT2D eigenvalue weighted by Gasteiger charge is 2.54. The molecule has 3 aliphatic heterocycles. The van der Waals surface area contributed by atoms with E-state index in [4.69, 9.17) is 28.4 Å². The molecule has 0 aromatic rings. The fraction of sp³-hybridized carbons (Fsp3) is 0.887. The Labute approximate surface area is 599 Å². The van der Waals surface area contributed by atoms with Crippen LogP contribution in [0.5, 0.6) is 0 Å². The summed E-state index contributed by atoms with van der Waals surface area (Å²) in [6.07, 6.45) is 49.6. The third kappa shape index (κ3) is 41.3. The van der Waals surface area contributed by atoms with Gasteiger partial charge in [-0.25, -0.2) is 0 Å². The number of rotatable bonds is 64. The van der Waals surface area contributed by atoms with Crippen molar-refractivity contribution in [3.63, 3.8) is 0 Å². The number of hydrogen-bond donors (Lipinski definition) is 12. The van der Waals surface area contributed by atoms with Crippen molar-refractivity contribution < 1.29 is 89.4 Å². The van der Waals surface area contributed by atoms with Crippen molar-refractivity contribution in [1.82, 2.24) is 5.32 Å². The van der Waals surface area contributed by atoms with E-state index in [0.717, 1.165) is 57.8 Å². The van der Waals surface area contributed by atoms with E-state index in [9.17, 15) is 61.0 Å². The zero-order chi connectivity index (χ0) is 71.8. The predicted octanol–water partition coefficient (Wildman–Crippen LogP) is 13.3. The number of amides is 1. The van der Waals surface area contributed by atoms with E-state index >= 15 is 0 Å². The number of aliphatic hydroxyl groups is 11. The molecule has 3 saturated heterocycles. The summed E-state index contributed by atoms with van der Waals surface area (Å²) >= 11 is 0. The predicted molar refractivity (Wildman–Crippen MR) is 392 cm³/mol. The molecular weight excluding hydrogens is 1260 g/mol. The number of carbonyl (C=O) groups excluding carboxylic acids is 1. The maximum atomic E-state index is 13.5. The van der Waals surface area contributed by atoms with Crippen LogP contribution < -0.4 is 5.32 Å². The van der Waals surface area contributed by atoms with Gasteiger partial charge in [-0.2, -0.15) is 0 Å². The van der Waals surface area contributed by atoms with Crippen molar-refractivity contribution in [2.45, 2.75) is 426 Å². The van der Waals surface area contributed by atoms with Gasteiger partial charge in [0, 0.05) is 6.42 Å². The number of aliphatic hydroxyl groups excluding tert-OH is 11. The average molecular weight is 1410 g/mol. The van der Waals surface area contributed by atoms with E-state index in [1.165, 1.54) is 238 Å². The lowest BCUT2D eigenvalue weighted by molar-refractivity contribution is -0.379. The summed E-state index contributed by atoms with van der Waals surface area (Å²) in [5, 5.41) is 121. The molecule has 1 amide bonds. The van der Waals surface area contributed by atoms with Crippen LogP contribution in [0.15, 0.2) is 48.6 Å². The first-order chi connectivity index (χ1) is 48.3. The summed E-state index contributed by atoms with van der Waals surface area (Å²) in [4.78, 5) is 13.5. The van der Waals surface area contributed by atoms with E-state index in [-0.39, 0.29) is 18.9 Å². The van der Waals surface area contributed by atoms with Gasteiger partial charge < -0.3 is 89.9 Å². The minimum atomic E-state index is -1.98. The largest absolute Gasteiger partial charge is 0.394 e. The number of ether oxygens (including phenoxy) is 6. The van der Waals surface area contributed by atoms with Crippen LogP contribution in [-0.2, 0) is 33.2 Å². The Morgan fingerprint density at radius 2 is 0.667 bits per heavy atom. The Balaban J connectivity index is 1.34. The quantitative estimate of drug-likeness (QED) is 0.0199. The van der Waals surface area contributed by atoms with Crippen molar-refractivity contribution >= 4 is 5.91 Å². The van der Waals surface area contributed by atoms with Gasteiger partial charge in [0.05, 0.1) is 38.6 Å². The van der Waals surface area contributed by atoms with Gasteiger partial charge in [0.1, 0.15) is 73.2 Å². The van der Waals surface area contributed by atoms with E-state index in [1.807, 2.05) is 6.08 Å². The average Bonchev–Trinajstić information content (AvgIpc) is 0.784. The summed E-state index contributed by atoms with van der Waals surface area (Å²) in [6, 6.07) is -0.973. The highest BCUT2D eigenvalue weighted by Crippen LogP contribution is 2.33. The monoisotopic (exact) mass is 1410 g/mol. The molecule has 3 aliphatic rings. The van der Waals surface area contributed by atoms with Crippen LogP contribution in [-0.4, -0.2) is 193 Å². The first-order valence-corrected chi connectivity index (χ1v) is 40.4. The third-order valence-corrected chi connectivity index (χ3v) is 20.1. The Morgan fingerprint density at radius 3 is 1.04 bits per heavy atom. The third-order valence-electron chi connectivity index (χ3n) is 20.1. The van der Waals surface area contributed by atoms with Gasteiger partial charge in [0.25, 0.3) is 0 Å². The molecule has 3 fully saturated rings. The molecule has 0 aromatic heterocycles. The second-order valence-corrected chi connectivity index (χ2v) is 28.9. The number of carbonyl (C=O) groups is 1. The van der Waals surface area contributed by atoms with Crippen molar-refractivity contribution in [3.05, 3.63) is 48.6 Å². The molecule has 3 rings (SSSR count). The van der Waals surface area contributed by atoms with Gasteiger partial charge in [0.2, 0.25) is 5.91 Å². The number of hydrogen-bond acceptors (Lipinski definition) is 18. The summed E-state index contributed by atoms with van der Waals surface area (Å²) < 4.78 is 34.4. The lowest BCUT2D eigenvalue weighted by atomic mass is 9.96. The lowest BCUT2D eigenvalue weighted by Gasteiger charge is -2.48. The van der Waals surface area contributed by atoms with E-state index in [2.05, 4.69) is 55.6 Å². The number of unbranched alkanes of at least 4 members (excludes halogenated alkanes) is 42. The maximum Gasteiger partial charge on any atom is 0.220 e. The van der Waals surface area contributed by atoms with E-state index in [0.29, 0.717) is 6.42 Å². The minimum absolute atomic E-state index is 0.246. The van der Waals surface area contributed by atoms with Gasteiger partial charge in [-0.3, -0.25) is 4.79 Å². The maximum absolute atomic E-state index is 13.5. The van der Waals surface area contributed by atoms with Crippen molar-refractivity contribution in [2.75, 3.05) is 26.4 Å². The topological polar surface area (TPSA) is 307 Å². The smallest absolute Gasteiger partial charge is 0.220 e. The Hall–Kier alpha value is -2.25. The molecule has 0 aromatic carbocycles. The van der Waals surface area contributed by atoms with Crippen molar-refractivity contribution in [1.29, 1.82) is 0 Å². The molecule has 3 heterocycles. The number of nitrogens with one attached hydrogen (secondary N) is 1. The lowest BCUT2D eigenvalue weighted by Crippen LogP contribution is -2.66. The second-order valence-electron chi connectivity index (χ2n) is 28.9. The highest BCUT2D eigenvalue weighted by molar-refractivity contribution is 5.76. The zero-order valence-electron chi connectivity index (χ0n) is 62.0. The van der Waals surface area contributed by atoms with Gasteiger partial charge in [-0.15, -0.1) is 0 Å². The molecule has 0 aliphatic carbocycles. The summed E-state index contributed by atoms with van der Waals surface area (Å²) in [5.74, 6) is -0.270. The minimum Gasteiger partial charge on any atom is -0.394 e. The second kappa shape index (κ2) is 61.0. The van der Waals surface area contributed by atoms with Gasteiger partial charge in [0.15, 0.2) is 18.9 Å². The van der Waals surface area contributed by atoms with Crippen LogP contribution in [0, 0.1) is 0 Å². The molecule has 0 bridgehead atoms. The molecule has 0 spiro atoms. The van der Waals surface area contributed by atoms with Gasteiger partial charge in [-0.1, -0.05) is 306 Å². The van der Waals surface area contributed by atoms with Crippen LogP contribution in [0.25, 0.3) is 0 Å². The van der Waals surface area contributed by atoms with Crippen LogP contribution >= 0.6 is 0 Å². The fourth-order valence-corrected chi connectivity index (χ4v) is 13.6. The molecule has 19 nitrogen and oxygen atoms in total. The Kier molecular flexibility index (Phi) is 56.0. The van der Waals surface area contributed by atoms with E-state index in [1.54, 1.807) is 6.08 Å². The molecule has 12 N–H and O–H groups in total. The van der Waals surface area contributed by atoms with Crippen LogP contribution in [0.1, 0.15) is 322 Å². The standard InChI is InChI=1S/C80H147NO18/c1-3-5-7-9-11-13-15-17-19-21-23-24-25-26-27-28-29-30-31-32-33-34-35-36-37-38-40-42-44-46-48-50-52-54-56-58-68(86)81-63(64(85)57-55-53-51-49-47-45-43-41-39-22-20-18-16-14-12-10-8-6-4-2)62-94-78-74(92)71(89)76(66(60-83)96-78)99-80-75(93)72(90)77(67(61-84)97-80)98-79-73(91)70(88)69(87)65(59-82)95-79/h15,17,21,23,25-26,55,57,63-67,69-80,82-85,87-93H,3-14,16,18-20,22,24,27-54,56,58-62H2,1-2H3,(H,81,86)/b17-15-,23-21-,26-25-,57-55+. The normalized spacial score (nSPS) is 26.8. The molecule has 580 valence electrons. The first kappa shape index (κ1) is 91.0. The van der Waals surface area contributed by atoms with E-state index < -0.39 is 124 Å². The molecule has 0 radical (unpaired) electrons. The zero-order valence-corrected chi connectivity index (χ0v) is 62.0. The Morgan fingerprint density at radius 1 is 0.364 bits per heavy atom. The van der Waals surface area contributed by atoms with Crippen molar-refractivity contribution in [2.24, 2.45) is 0 Å². The van der Waals surface area contributed by atoms with Gasteiger partial charge >= 0.3 is 0 Å². The van der Waals surface area contributed by atoms with Gasteiger partial charge in [-0.05, 0) is 57.8 Å². The molecular formula is C80H147NO18. The van der Waals surface area contributed by atoms with Crippen LogP contribution in [0.2, 0.25) is 0 Å². The summed E-state index contributed by atoms with van der Waals surface area (Å²) in [5.41, 5.74) is 0. The first-order valence-electron chi connectivity index (χ1n) is 40.4. The molecule has 19 heteroatoms. The molecule has 99 heavy (non-hydrogen) atoms. The molecule has 0 saturated carbocycles. The van der Waals surface area contributed by atoms with Crippen LogP contribution in [0.3, 0.4) is 0 Å². The highest BCUT2D eigenvalue weighted by atomic mass is 16.8. The fourth-order valence-electron chi connectivity index (χ4n) is 13.6. The Bertz CT molecular complexity index is 1980. The SMILES string of the molecule is CCCCCCC/C=C\C/C=C\C/C=C\CCCCCCCCCCCCCCCCCCCCCCC(=O)NC(COC1OC(CO)C(OC2OC(CO)C(OC3OC(CO)C(O)C(O)C3O)C(O)C2O)C(O)C1O)C(O)/C=C/CCCCCCCCCCCCCCCCCCC. The summed E-state index contributed by atoms with van der Waals surface area (Å²) in [6.45, 7) is 1.76. The summed E-state index contributed by atoms with van der Waals surface area (Å²) in [7, 11) is 0.